The molecule has 5 nitrogen and oxygen atoms in total. The molecule has 1 aliphatic heterocycles. The molecule has 0 spiro atoms. The lowest BCUT2D eigenvalue weighted by Gasteiger charge is -2.41. The van der Waals surface area contributed by atoms with Crippen LogP contribution < -0.4 is 14.4 Å². The number of amides is 1. The van der Waals surface area contributed by atoms with Gasteiger partial charge in [-0.25, -0.2) is 0 Å². The Morgan fingerprint density at radius 3 is 2.48 bits per heavy atom. The molecule has 0 bridgehead atoms. The fourth-order valence-electron chi connectivity index (χ4n) is 4.41. The van der Waals surface area contributed by atoms with Gasteiger partial charge in [0.15, 0.2) is 11.5 Å². The molecule has 180 valence electrons. The third kappa shape index (κ3) is 5.73. The van der Waals surface area contributed by atoms with Gasteiger partial charge in [0.1, 0.15) is 0 Å². The van der Waals surface area contributed by atoms with Crippen molar-refractivity contribution in [1.29, 1.82) is 0 Å². The average Bonchev–Trinajstić information content (AvgIpc) is 2.79. The molecule has 1 aliphatic rings. The van der Waals surface area contributed by atoms with E-state index in [2.05, 4.69) is 11.8 Å². The van der Waals surface area contributed by atoms with Crippen molar-refractivity contribution in [2.75, 3.05) is 32.2 Å². The largest absolute Gasteiger partial charge is 0.493 e. The summed E-state index contributed by atoms with van der Waals surface area (Å²) in [5.74, 6) is 1.29. The van der Waals surface area contributed by atoms with Crippen LogP contribution in [0.15, 0.2) is 36.4 Å². The van der Waals surface area contributed by atoms with Crippen molar-refractivity contribution in [1.82, 2.24) is 4.90 Å². The topological polar surface area (TPSA) is 42.0 Å². The Bertz CT molecular complexity index is 970. The van der Waals surface area contributed by atoms with Gasteiger partial charge in [-0.05, 0) is 55.7 Å². The number of anilines is 1. The van der Waals surface area contributed by atoms with Crippen LogP contribution in [0.1, 0.15) is 43.4 Å². The predicted molar refractivity (Wildman–Crippen MR) is 122 cm³/mol. The van der Waals surface area contributed by atoms with Gasteiger partial charge in [-0.1, -0.05) is 24.1 Å². The molecule has 0 radical (unpaired) electrons. The van der Waals surface area contributed by atoms with Crippen LogP contribution in [-0.4, -0.2) is 44.7 Å². The van der Waals surface area contributed by atoms with E-state index in [9.17, 15) is 18.0 Å². The molecular weight excluding hydrogens is 457 g/mol. The zero-order chi connectivity index (χ0) is 24.2. The number of benzene rings is 2. The summed E-state index contributed by atoms with van der Waals surface area (Å²) >= 11 is 5.73. The molecular formula is C24H28ClF3N2O3. The van der Waals surface area contributed by atoms with Gasteiger partial charge < -0.3 is 14.4 Å². The second-order valence-electron chi connectivity index (χ2n) is 8.11. The highest BCUT2D eigenvalue weighted by molar-refractivity contribution is 6.31. The first kappa shape index (κ1) is 25.2. The van der Waals surface area contributed by atoms with Crippen LogP contribution in [-0.2, 0) is 11.0 Å². The van der Waals surface area contributed by atoms with Gasteiger partial charge >= 0.3 is 6.18 Å². The summed E-state index contributed by atoms with van der Waals surface area (Å²) in [7, 11) is 3.17. The van der Waals surface area contributed by atoms with E-state index >= 15 is 0 Å². The van der Waals surface area contributed by atoms with E-state index in [1.54, 1.807) is 14.2 Å². The third-order valence-electron chi connectivity index (χ3n) is 6.17. The predicted octanol–water partition coefficient (Wildman–Crippen LogP) is 5.95. The lowest BCUT2D eigenvalue weighted by Crippen LogP contribution is -2.44. The first-order valence-electron chi connectivity index (χ1n) is 10.8. The van der Waals surface area contributed by atoms with Gasteiger partial charge in [0.25, 0.3) is 0 Å². The van der Waals surface area contributed by atoms with Crippen LogP contribution >= 0.6 is 11.6 Å². The van der Waals surface area contributed by atoms with Crippen LogP contribution in [0.3, 0.4) is 0 Å². The minimum absolute atomic E-state index is 0.0954. The summed E-state index contributed by atoms with van der Waals surface area (Å²) in [5.41, 5.74) is 0.278. The van der Waals surface area contributed by atoms with E-state index in [4.69, 9.17) is 21.1 Å². The number of ether oxygens (including phenoxy) is 2. The van der Waals surface area contributed by atoms with Crippen molar-refractivity contribution in [2.24, 2.45) is 0 Å². The molecule has 0 N–H and O–H groups in total. The summed E-state index contributed by atoms with van der Waals surface area (Å²) in [6.07, 6.45) is -1.05. The number of methoxy groups -OCH3 is 2. The smallest absolute Gasteiger partial charge is 0.417 e. The van der Waals surface area contributed by atoms with E-state index < -0.39 is 16.8 Å². The highest BCUT2D eigenvalue weighted by Gasteiger charge is 2.34. The monoisotopic (exact) mass is 484 g/mol. The third-order valence-corrected chi connectivity index (χ3v) is 6.50. The Morgan fingerprint density at radius 1 is 1.12 bits per heavy atom. The van der Waals surface area contributed by atoms with Crippen molar-refractivity contribution in [2.45, 2.75) is 44.4 Å². The van der Waals surface area contributed by atoms with Crippen molar-refractivity contribution in [3.8, 4) is 11.5 Å². The lowest BCUT2D eigenvalue weighted by atomic mass is 9.91. The molecule has 0 aromatic heterocycles. The number of piperidine rings is 1. The van der Waals surface area contributed by atoms with Crippen LogP contribution in [0.4, 0.5) is 18.9 Å². The van der Waals surface area contributed by atoms with Crippen LogP contribution in [0.2, 0.25) is 5.02 Å². The molecule has 1 amide bonds. The Morgan fingerprint density at radius 2 is 1.85 bits per heavy atom. The standard InChI is InChI=1S/C24H28ClF3N2O3/c1-16-5-4-6-21(17-7-10-22(32-2)23(13-17)33-3)30(16)12-11-29(15-31)18-8-9-20(25)19(14-18)24(26,27)28/h7-10,13-16,21H,4-6,11-12H2,1-3H3. The summed E-state index contributed by atoms with van der Waals surface area (Å²) in [6, 6.07) is 9.70. The van der Waals surface area contributed by atoms with Gasteiger partial charge in [-0.15, -0.1) is 0 Å². The summed E-state index contributed by atoms with van der Waals surface area (Å²) < 4.78 is 50.6. The van der Waals surface area contributed by atoms with Crippen LogP contribution in [0.25, 0.3) is 0 Å². The summed E-state index contributed by atoms with van der Waals surface area (Å²) in [4.78, 5) is 15.4. The van der Waals surface area contributed by atoms with Gasteiger partial charge in [-0.2, -0.15) is 13.2 Å². The molecule has 1 heterocycles. The molecule has 2 atom stereocenters. The maximum atomic E-state index is 13.3. The number of alkyl halides is 3. The lowest BCUT2D eigenvalue weighted by molar-refractivity contribution is -0.137. The minimum atomic E-state index is -4.60. The van der Waals surface area contributed by atoms with E-state index in [0.717, 1.165) is 30.9 Å². The second kappa shape index (κ2) is 10.7. The van der Waals surface area contributed by atoms with E-state index in [-0.39, 0.29) is 24.3 Å². The minimum Gasteiger partial charge on any atom is -0.493 e. The number of carbonyl (C=O) groups excluding carboxylic acids is 1. The van der Waals surface area contributed by atoms with Crippen LogP contribution in [0, 0.1) is 0 Å². The number of nitrogens with zero attached hydrogens (tertiary/aromatic N) is 2. The van der Waals surface area contributed by atoms with Gasteiger partial charge in [-0.3, -0.25) is 9.69 Å². The molecule has 9 heteroatoms. The van der Waals surface area contributed by atoms with Crippen molar-refractivity contribution >= 4 is 23.7 Å². The summed E-state index contributed by atoms with van der Waals surface area (Å²) in [5, 5.41) is -0.393. The first-order valence-corrected chi connectivity index (χ1v) is 11.1. The molecule has 2 unspecified atom stereocenters. The quantitative estimate of drug-likeness (QED) is 0.434. The first-order chi connectivity index (χ1) is 15.7. The zero-order valence-corrected chi connectivity index (χ0v) is 19.6. The molecule has 1 fully saturated rings. The van der Waals surface area contributed by atoms with E-state index in [1.807, 2.05) is 18.2 Å². The number of hydrogen-bond donors (Lipinski definition) is 0. The molecule has 0 saturated carbocycles. The molecule has 0 aliphatic carbocycles. The highest BCUT2D eigenvalue weighted by Crippen LogP contribution is 2.39. The fourth-order valence-corrected chi connectivity index (χ4v) is 4.64. The fraction of sp³-hybridized carbons (Fsp3) is 0.458. The normalized spacial score (nSPS) is 19.2. The Balaban J connectivity index is 1.82. The molecule has 2 aromatic rings. The maximum absolute atomic E-state index is 13.3. The summed E-state index contributed by atoms with van der Waals surface area (Å²) in [6.45, 7) is 2.88. The van der Waals surface area contributed by atoms with Gasteiger partial charge in [0, 0.05) is 30.9 Å². The molecule has 33 heavy (non-hydrogen) atoms. The molecule has 1 saturated heterocycles. The van der Waals surface area contributed by atoms with Crippen LogP contribution in [0.5, 0.6) is 11.5 Å². The van der Waals surface area contributed by atoms with Gasteiger partial charge in [0.05, 0.1) is 24.8 Å². The maximum Gasteiger partial charge on any atom is 0.417 e. The Kier molecular flexibility index (Phi) is 8.13. The number of carbonyl (C=O) groups is 1. The molecule has 3 rings (SSSR count). The van der Waals surface area contributed by atoms with Crippen molar-refractivity contribution < 1.29 is 27.4 Å². The Labute approximate surface area is 197 Å². The number of likely N-dealkylation sites (tertiary alicyclic amines) is 1. The number of rotatable bonds is 8. The van der Waals surface area contributed by atoms with Gasteiger partial charge in [0.2, 0.25) is 6.41 Å². The Hall–Kier alpha value is -2.45. The number of halogens is 4. The molecule has 2 aromatic carbocycles. The average molecular weight is 485 g/mol. The highest BCUT2D eigenvalue weighted by atomic mass is 35.5. The second-order valence-corrected chi connectivity index (χ2v) is 8.52. The van der Waals surface area contributed by atoms with E-state index in [1.165, 1.54) is 17.0 Å². The van der Waals surface area contributed by atoms with Crippen molar-refractivity contribution in [3.05, 3.63) is 52.5 Å². The van der Waals surface area contributed by atoms with E-state index in [0.29, 0.717) is 24.5 Å². The van der Waals surface area contributed by atoms with Crippen molar-refractivity contribution in [3.63, 3.8) is 0 Å². The number of hydrogen-bond acceptors (Lipinski definition) is 4. The SMILES string of the molecule is COc1ccc(C2CCCC(C)N2CCN(C=O)c2ccc(Cl)c(C(F)(F)F)c2)cc1OC. The zero-order valence-electron chi connectivity index (χ0n) is 18.9.